The second-order valence-electron chi connectivity index (χ2n) is 4.89. The molecule has 2 atom stereocenters. The number of fused-ring (bicyclic) bond motifs is 1. The van der Waals surface area contributed by atoms with Gasteiger partial charge in [0.25, 0.3) is 0 Å². The van der Waals surface area contributed by atoms with Crippen LogP contribution in [0.15, 0.2) is 24.3 Å². The van der Waals surface area contributed by atoms with Crippen molar-refractivity contribution in [2.45, 2.75) is 31.9 Å². The van der Waals surface area contributed by atoms with Crippen molar-refractivity contribution in [3.8, 4) is 0 Å². The number of alkyl halides is 1. The SMILES string of the molecule is CC1OCCC1Cn1c(CCl)nc2ccccc21. The summed E-state index contributed by atoms with van der Waals surface area (Å²) in [5.74, 6) is 1.97. The van der Waals surface area contributed by atoms with E-state index in [2.05, 4.69) is 22.5 Å². The molecule has 1 fully saturated rings. The van der Waals surface area contributed by atoms with Gasteiger partial charge in [-0.25, -0.2) is 4.98 Å². The van der Waals surface area contributed by atoms with E-state index in [-0.39, 0.29) is 0 Å². The van der Waals surface area contributed by atoms with Crippen molar-refractivity contribution in [2.24, 2.45) is 5.92 Å². The third-order valence-electron chi connectivity index (χ3n) is 3.80. The summed E-state index contributed by atoms with van der Waals surface area (Å²) in [5.41, 5.74) is 2.20. The first-order chi connectivity index (χ1) is 8.79. The summed E-state index contributed by atoms with van der Waals surface area (Å²) in [7, 11) is 0. The molecule has 1 aliphatic heterocycles. The Morgan fingerprint density at radius 2 is 2.28 bits per heavy atom. The minimum atomic E-state index is 0.328. The lowest BCUT2D eigenvalue weighted by molar-refractivity contribution is 0.102. The highest BCUT2D eigenvalue weighted by Crippen LogP contribution is 2.26. The summed E-state index contributed by atoms with van der Waals surface area (Å²) < 4.78 is 7.88. The van der Waals surface area contributed by atoms with Crippen molar-refractivity contribution in [1.82, 2.24) is 9.55 Å². The number of ether oxygens (including phenoxy) is 1. The van der Waals surface area contributed by atoms with Gasteiger partial charge in [0, 0.05) is 19.1 Å². The zero-order valence-corrected chi connectivity index (χ0v) is 11.2. The smallest absolute Gasteiger partial charge is 0.124 e. The molecule has 1 saturated heterocycles. The highest BCUT2D eigenvalue weighted by Gasteiger charge is 2.25. The second-order valence-corrected chi connectivity index (χ2v) is 5.15. The van der Waals surface area contributed by atoms with Gasteiger partial charge in [0.05, 0.1) is 23.0 Å². The first kappa shape index (κ1) is 12.0. The van der Waals surface area contributed by atoms with E-state index < -0.39 is 0 Å². The molecule has 0 amide bonds. The Bertz CT molecular complexity index is 552. The summed E-state index contributed by atoms with van der Waals surface area (Å²) in [6.07, 6.45) is 1.45. The Morgan fingerprint density at radius 1 is 1.44 bits per heavy atom. The van der Waals surface area contributed by atoms with Crippen LogP contribution in [0.4, 0.5) is 0 Å². The van der Waals surface area contributed by atoms with Crippen LogP contribution in [0.25, 0.3) is 11.0 Å². The van der Waals surface area contributed by atoms with Crippen molar-refractivity contribution in [2.75, 3.05) is 6.61 Å². The molecular weight excluding hydrogens is 248 g/mol. The fourth-order valence-electron chi connectivity index (χ4n) is 2.68. The maximum Gasteiger partial charge on any atom is 0.124 e. The summed E-state index contributed by atoms with van der Waals surface area (Å²) in [5, 5.41) is 0. The van der Waals surface area contributed by atoms with Crippen molar-refractivity contribution < 1.29 is 4.74 Å². The number of halogens is 1. The van der Waals surface area contributed by atoms with Gasteiger partial charge >= 0.3 is 0 Å². The minimum absolute atomic E-state index is 0.328. The van der Waals surface area contributed by atoms with Gasteiger partial charge in [0.2, 0.25) is 0 Å². The van der Waals surface area contributed by atoms with E-state index in [4.69, 9.17) is 16.3 Å². The topological polar surface area (TPSA) is 27.1 Å². The molecule has 1 aliphatic rings. The minimum Gasteiger partial charge on any atom is -0.378 e. The zero-order valence-electron chi connectivity index (χ0n) is 10.5. The van der Waals surface area contributed by atoms with Gasteiger partial charge < -0.3 is 9.30 Å². The lowest BCUT2D eigenvalue weighted by atomic mass is 10.0. The molecule has 0 aliphatic carbocycles. The van der Waals surface area contributed by atoms with Crippen molar-refractivity contribution in [3.63, 3.8) is 0 Å². The highest BCUT2D eigenvalue weighted by molar-refractivity contribution is 6.16. The van der Waals surface area contributed by atoms with Crippen LogP contribution in [0, 0.1) is 5.92 Å². The number of imidazole rings is 1. The van der Waals surface area contributed by atoms with Crippen LogP contribution < -0.4 is 0 Å². The zero-order chi connectivity index (χ0) is 12.5. The van der Waals surface area contributed by atoms with Gasteiger partial charge in [-0.15, -0.1) is 11.6 Å². The van der Waals surface area contributed by atoms with Crippen LogP contribution >= 0.6 is 11.6 Å². The Kier molecular flexibility index (Phi) is 3.27. The average molecular weight is 265 g/mol. The van der Waals surface area contributed by atoms with Crippen LogP contribution in [0.1, 0.15) is 19.2 Å². The molecule has 0 saturated carbocycles. The lowest BCUT2D eigenvalue weighted by Crippen LogP contribution is -2.19. The van der Waals surface area contributed by atoms with Gasteiger partial charge in [-0.2, -0.15) is 0 Å². The van der Waals surface area contributed by atoms with E-state index in [1.165, 1.54) is 5.52 Å². The van der Waals surface area contributed by atoms with Gasteiger partial charge in [-0.1, -0.05) is 12.1 Å². The fourth-order valence-corrected chi connectivity index (χ4v) is 2.89. The molecule has 4 heteroatoms. The predicted molar refractivity (Wildman–Crippen MR) is 72.8 cm³/mol. The molecule has 3 nitrogen and oxygen atoms in total. The number of rotatable bonds is 3. The number of para-hydroxylation sites is 2. The second kappa shape index (κ2) is 4.90. The van der Waals surface area contributed by atoms with Gasteiger partial charge in [0.1, 0.15) is 5.82 Å². The molecule has 0 bridgehead atoms. The van der Waals surface area contributed by atoms with E-state index in [1.54, 1.807) is 0 Å². The molecule has 2 unspecified atom stereocenters. The van der Waals surface area contributed by atoms with Gasteiger partial charge in [0.15, 0.2) is 0 Å². The molecule has 0 spiro atoms. The third-order valence-corrected chi connectivity index (χ3v) is 4.04. The molecule has 2 aromatic rings. The maximum absolute atomic E-state index is 6.01. The first-order valence-corrected chi connectivity index (χ1v) is 6.94. The molecule has 1 aromatic carbocycles. The summed E-state index contributed by atoms with van der Waals surface area (Å²) in [6, 6.07) is 8.21. The molecule has 3 rings (SSSR count). The molecule has 1 aromatic heterocycles. The molecule has 2 heterocycles. The first-order valence-electron chi connectivity index (χ1n) is 6.41. The predicted octanol–water partition coefficient (Wildman–Crippen LogP) is 3.20. The maximum atomic E-state index is 6.01. The Balaban J connectivity index is 1.98. The molecule has 18 heavy (non-hydrogen) atoms. The van der Waals surface area contributed by atoms with E-state index in [1.807, 2.05) is 18.2 Å². The Hall–Kier alpha value is -1.06. The average Bonchev–Trinajstić information content (AvgIpc) is 2.95. The van der Waals surface area contributed by atoms with Crippen molar-refractivity contribution >= 4 is 22.6 Å². The normalized spacial score (nSPS) is 23.9. The number of aromatic nitrogens is 2. The highest BCUT2D eigenvalue weighted by atomic mass is 35.5. The van der Waals surface area contributed by atoms with Crippen molar-refractivity contribution in [3.05, 3.63) is 30.1 Å². The van der Waals surface area contributed by atoms with Crippen LogP contribution in [0.3, 0.4) is 0 Å². The fraction of sp³-hybridized carbons (Fsp3) is 0.500. The molecule has 0 radical (unpaired) electrons. The number of hydrogen-bond donors (Lipinski definition) is 0. The van der Waals surface area contributed by atoms with Crippen LogP contribution in [-0.2, 0) is 17.2 Å². The largest absolute Gasteiger partial charge is 0.378 e. The van der Waals surface area contributed by atoms with Crippen LogP contribution in [-0.4, -0.2) is 22.3 Å². The van der Waals surface area contributed by atoms with Crippen LogP contribution in [0.2, 0.25) is 0 Å². The number of benzene rings is 1. The summed E-state index contributed by atoms with van der Waals surface area (Å²) >= 11 is 6.01. The summed E-state index contributed by atoms with van der Waals surface area (Å²) in [6.45, 7) is 3.97. The number of nitrogens with zero attached hydrogens (tertiary/aromatic N) is 2. The van der Waals surface area contributed by atoms with Crippen LogP contribution in [0.5, 0.6) is 0 Å². The van der Waals surface area contributed by atoms with E-state index in [0.717, 1.165) is 30.9 Å². The van der Waals surface area contributed by atoms with E-state index in [0.29, 0.717) is 17.9 Å². The summed E-state index contributed by atoms with van der Waals surface area (Å²) in [4.78, 5) is 4.59. The Labute approximate surface area is 112 Å². The lowest BCUT2D eigenvalue weighted by Gasteiger charge is -2.16. The molecular formula is C14H17ClN2O. The van der Waals surface area contributed by atoms with E-state index >= 15 is 0 Å². The van der Waals surface area contributed by atoms with Crippen molar-refractivity contribution in [1.29, 1.82) is 0 Å². The molecule has 96 valence electrons. The quantitative estimate of drug-likeness (QED) is 0.796. The Morgan fingerprint density at radius 3 is 3.00 bits per heavy atom. The number of hydrogen-bond acceptors (Lipinski definition) is 2. The van der Waals surface area contributed by atoms with Gasteiger partial charge in [-0.05, 0) is 25.5 Å². The standard InChI is InChI=1S/C14H17ClN2O/c1-10-11(6-7-18-10)9-17-13-5-3-2-4-12(13)16-14(17)8-15/h2-5,10-11H,6-9H2,1H3. The van der Waals surface area contributed by atoms with E-state index in [9.17, 15) is 0 Å². The van der Waals surface area contributed by atoms with Gasteiger partial charge in [-0.3, -0.25) is 0 Å². The molecule has 0 N–H and O–H groups in total. The monoisotopic (exact) mass is 264 g/mol. The third kappa shape index (κ3) is 2.02.